The van der Waals surface area contributed by atoms with Crippen LogP contribution in [0.1, 0.15) is 21.5 Å². The van der Waals surface area contributed by atoms with E-state index in [-0.39, 0.29) is 5.91 Å². The highest BCUT2D eigenvalue weighted by Gasteiger charge is 2.24. The summed E-state index contributed by atoms with van der Waals surface area (Å²) in [7, 11) is 3.25. The number of hydrogen-bond acceptors (Lipinski definition) is 4. The predicted octanol–water partition coefficient (Wildman–Crippen LogP) is 4.69. The van der Waals surface area contributed by atoms with Crippen molar-refractivity contribution in [2.75, 3.05) is 20.8 Å². The third-order valence-corrected chi connectivity index (χ3v) is 5.07. The smallest absolute Gasteiger partial charge is 0.254 e. The molecule has 0 radical (unpaired) electrons. The molecule has 4 rings (SSSR count). The zero-order chi connectivity index (χ0) is 20.2. The molecule has 1 amide bonds. The summed E-state index contributed by atoms with van der Waals surface area (Å²) in [6, 6.07) is 20.8. The van der Waals surface area contributed by atoms with Gasteiger partial charge in [0.15, 0.2) is 11.5 Å². The van der Waals surface area contributed by atoms with E-state index >= 15 is 0 Å². The second-order valence-electron chi connectivity index (χ2n) is 6.90. The lowest BCUT2D eigenvalue weighted by atomic mass is 9.98. The Labute approximate surface area is 170 Å². The maximum Gasteiger partial charge on any atom is 0.254 e. The van der Waals surface area contributed by atoms with Gasteiger partial charge in [-0.25, -0.2) is 0 Å². The van der Waals surface area contributed by atoms with Gasteiger partial charge in [-0.1, -0.05) is 24.3 Å². The summed E-state index contributed by atoms with van der Waals surface area (Å²) in [6.07, 6.45) is 0.779. The molecule has 0 spiro atoms. The number of carbonyl (C=O) groups is 1. The number of para-hydroxylation sites is 1. The van der Waals surface area contributed by atoms with E-state index in [0.29, 0.717) is 30.2 Å². The highest BCUT2D eigenvalue weighted by molar-refractivity contribution is 5.94. The Morgan fingerprint density at radius 2 is 1.52 bits per heavy atom. The Bertz CT molecular complexity index is 1020. The number of hydrogen-bond donors (Lipinski definition) is 0. The van der Waals surface area contributed by atoms with Gasteiger partial charge in [0.05, 0.1) is 14.2 Å². The van der Waals surface area contributed by atoms with E-state index in [1.807, 2.05) is 65.6 Å². The van der Waals surface area contributed by atoms with E-state index in [1.54, 1.807) is 20.3 Å². The first-order valence-electron chi connectivity index (χ1n) is 9.54. The van der Waals surface area contributed by atoms with Crippen LogP contribution in [-0.4, -0.2) is 31.6 Å². The van der Waals surface area contributed by atoms with Crippen LogP contribution in [0.15, 0.2) is 66.7 Å². The zero-order valence-electron chi connectivity index (χ0n) is 16.6. The van der Waals surface area contributed by atoms with Gasteiger partial charge in [0.25, 0.3) is 5.91 Å². The monoisotopic (exact) mass is 389 g/mol. The standard InChI is InChI=1S/C24H23NO4/c1-27-22-14-17-11-12-25(16-19(17)15-23(22)28-2)24(26)18-7-6-10-21(13-18)29-20-8-4-3-5-9-20/h3-10,13-15H,11-12,16H2,1-2H3. The second kappa shape index (κ2) is 8.27. The van der Waals surface area contributed by atoms with Crippen LogP contribution in [-0.2, 0) is 13.0 Å². The van der Waals surface area contributed by atoms with E-state index in [2.05, 4.69) is 0 Å². The van der Waals surface area contributed by atoms with E-state index in [0.717, 1.165) is 23.5 Å². The van der Waals surface area contributed by atoms with Crippen molar-refractivity contribution in [3.8, 4) is 23.0 Å². The Balaban J connectivity index is 1.53. The van der Waals surface area contributed by atoms with Crippen molar-refractivity contribution in [3.63, 3.8) is 0 Å². The second-order valence-corrected chi connectivity index (χ2v) is 6.90. The van der Waals surface area contributed by atoms with E-state index in [1.165, 1.54) is 5.56 Å². The fraction of sp³-hybridized carbons (Fsp3) is 0.208. The molecule has 3 aromatic rings. The topological polar surface area (TPSA) is 48.0 Å². The molecule has 1 aliphatic heterocycles. The molecular formula is C24H23NO4. The van der Waals surface area contributed by atoms with Crippen molar-refractivity contribution in [1.82, 2.24) is 4.90 Å². The molecule has 1 aliphatic rings. The van der Waals surface area contributed by atoms with Gasteiger partial charge >= 0.3 is 0 Å². The summed E-state index contributed by atoms with van der Waals surface area (Å²) >= 11 is 0. The van der Waals surface area contributed by atoms with Crippen molar-refractivity contribution in [2.24, 2.45) is 0 Å². The average Bonchev–Trinajstić information content (AvgIpc) is 2.78. The molecule has 0 aliphatic carbocycles. The molecule has 29 heavy (non-hydrogen) atoms. The highest BCUT2D eigenvalue weighted by Crippen LogP contribution is 2.33. The summed E-state index contributed by atoms with van der Waals surface area (Å²) in [5.74, 6) is 2.77. The van der Waals surface area contributed by atoms with Gasteiger partial charge in [0.1, 0.15) is 11.5 Å². The van der Waals surface area contributed by atoms with Crippen LogP contribution >= 0.6 is 0 Å². The highest BCUT2D eigenvalue weighted by atomic mass is 16.5. The van der Waals surface area contributed by atoms with Crippen LogP contribution in [0, 0.1) is 0 Å². The number of methoxy groups -OCH3 is 2. The van der Waals surface area contributed by atoms with E-state index < -0.39 is 0 Å². The Morgan fingerprint density at radius 3 is 2.24 bits per heavy atom. The Morgan fingerprint density at radius 1 is 0.828 bits per heavy atom. The first-order valence-corrected chi connectivity index (χ1v) is 9.54. The molecule has 0 fully saturated rings. The molecule has 0 atom stereocenters. The number of rotatable bonds is 5. The molecule has 1 heterocycles. The van der Waals surface area contributed by atoms with E-state index in [4.69, 9.17) is 14.2 Å². The van der Waals surface area contributed by atoms with Crippen LogP contribution in [0.3, 0.4) is 0 Å². The van der Waals surface area contributed by atoms with Crippen molar-refractivity contribution in [3.05, 3.63) is 83.4 Å². The molecular weight excluding hydrogens is 366 g/mol. The normalized spacial score (nSPS) is 12.8. The fourth-order valence-electron chi connectivity index (χ4n) is 3.56. The first kappa shape index (κ1) is 18.9. The summed E-state index contributed by atoms with van der Waals surface area (Å²) in [5.41, 5.74) is 2.88. The molecule has 5 nitrogen and oxygen atoms in total. The van der Waals surface area contributed by atoms with Crippen molar-refractivity contribution in [1.29, 1.82) is 0 Å². The van der Waals surface area contributed by atoms with Gasteiger partial charge in [-0.2, -0.15) is 0 Å². The molecule has 0 saturated carbocycles. The molecule has 0 bridgehead atoms. The van der Waals surface area contributed by atoms with Gasteiger partial charge in [-0.15, -0.1) is 0 Å². The lowest BCUT2D eigenvalue weighted by molar-refractivity contribution is 0.0734. The lowest BCUT2D eigenvalue weighted by Gasteiger charge is -2.29. The van der Waals surface area contributed by atoms with Gasteiger partial charge in [0, 0.05) is 18.7 Å². The van der Waals surface area contributed by atoms with Gasteiger partial charge < -0.3 is 19.1 Å². The van der Waals surface area contributed by atoms with Gasteiger partial charge in [-0.05, 0) is 60.0 Å². The van der Waals surface area contributed by atoms with Crippen molar-refractivity contribution in [2.45, 2.75) is 13.0 Å². The number of nitrogens with zero attached hydrogens (tertiary/aromatic N) is 1. The van der Waals surface area contributed by atoms with Crippen LogP contribution < -0.4 is 14.2 Å². The quantitative estimate of drug-likeness (QED) is 0.635. The summed E-state index contributed by atoms with van der Waals surface area (Å²) < 4.78 is 16.7. The minimum Gasteiger partial charge on any atom is -0.493 e. The molecule has 0 aromatic heterocycles. The molecule has 0 saturated heterocycles. The molecule has 3 aromatic carbocycles. The largest absolute Gasteiger partial charge is 0.493 e. The number of fused-ring (bicyclic) bond motifs is 1. The summed E-state index contributed by atoms with van der Waals surface area (Å²) in [5, 5.41) is 0. The third kappa shape index (κ3) is 4.04. The maximum absolute atomic E-state index is 13.1. The fourth-order valence-corrected chi connectivity index (χ4v) is 3.56. The molecule has 148 valence electrons. The third-order valence-electron chi connectivity index (χ3n) is 5.07. The van der Waals surface area contributed by atoms with Crippen LogP contribution in [0.4, 0.5) is 0 Å². The number of amides is 1. The summed E-state index contributed by atoms with van der Waals surface area (Å²) in [6.45, 7) is 1.20. The number of ether oxygens (including phenoxy) is 3. The first-order chi connectivity index (χ1) is 14.2. The van der Waals surface area contributed by atoms with E-state index in [9.17, 15) is 4.79 Å². The van der Waals surface area contributed by atoms with Crippen LogP contribution in [0.5, 0.6) is 23.0 Å². The van der Waals surface area contributed by atoms with Gasteiger partial charge in [0.2, 0.25) is 0 Å². The summed E-state index contributed by atoms with van der Waals surface area (Å²) in [4.78, 5) is 15.0. The minimum atomic E-state index is -0.0102. The van der Waals surface area contributed by atoms with Gasteiger partial charge in [-0.3, -0.25) is 4.79 Å². The molecule has 0 N–H and O–H groups in total. The number of benzene rings is 3. The Kier molecular flexibility index (Phi) is 5.38. The Hall–Kier alpha value is -3.47. The molecule has 0 unspecified atom stereocenters. The predicted molar refractivity (Wildman–Crippen MR) is 111 cm³/mol. The SMILES string of the molecule is COc1cc2c(cc1OC)CN(C(=O)c1cccc(Oc3ccccc3)c1)CC2. The molecule has 5 heteroatoms. The average molecular weight is 389 g/mol. The minimum absolute atomic E-state index is 0.0102. The van der Waals surface area contributed by atoms with Crippen LogP contribution in [0.25, 0.3) is 0 Å². The van der Waals surface area contributed by atoms with Crippen molar-refractivity contribution >= 4 is 5.91 Å². The lowest BCUT2D eigenvalue weighted by Crippen LogP contribution is -2.36. The number of carbonyl (C=O) groups excluding carboxylic acids is 1. The van der Waals surface area contributed by atoms with Crippen LogP contribution in [0.2, 0.25) is 0 Å². The maximum atomic E-state index is 13.1. The van der Waals surface area contributed by atoms with Crippen molar-refractivity contribution < 1.29 is 19.0 Å². The zero-order valence-corrected chi connectivity index (χ0v) is 16.6.